The van der Waals surface area contributed by atoms with E-state index in [1.54, 1.807) is 6.07 Å². The minimum atomic E-state index is -0.149. The molecule has 3 rings (SSSR count). The maximum absolute atomic E-state index is 14.6. The molecule has 0 aliphatic heterocycles. The van der Waals surface area contributed by atoms with Gasteiger partial charge in [0.25, 0.3) is 0 Å². The predicted octanol–water partition coefficient (Wildman–Crippen LogP) is 9.37. The minimum Gasteiger partial charge on any atom is -0.236 e. The fraction of sp³-hybridized carbons (Fsp3) is 0.484. The molecule has 0 radical (unpaired) electrons. The van der Waals surface area contributed by atoms with E-state index in [1.165, 1.54) is 69.8 Å². The summed E-state index contributed by atoms with van der Waals surface area (Å²) in [4.78, 5) is 9.05. The third-order valence-corrected chi connectivity index (χ3v) is 6.62. The van der Waals surface area contributed by atoms with Crippen LogP contribution in [0.5, 0.6) is 0 Å². The molecule has 3 aromatic rings. The van der Waals surface area contributed by atoms with Crippen molar-refractivity contribution in [2.24, 2.45) is 0 Å². The standard InChI is InChI=1S/C31H41FN2/c1-3-5-7-9-11-13-15-27-20-21-28(22-30(27)32)31-33-23-29(24-34-31)26-18-16-25(17-19-26)14-12-10-8-6-4-2/h16-24H,3-15H2,1-2H3. The van der Waals surface area contributed by atoms with Crippen LogP contribution >= 0.6 is 0 Å². The van der Waals surface area contributed by atoms with Gasteiger partial charge in [0.05, 0.1) is 0 Å². The Morgan fingerprint density at radius 3 is 1.76 bits per heavy atom. The molecular weight excluding hydrogens is 419 g/mol. The molecule has 1 aromatic heterocycles. The molecule has 0 saturated heterocycles. The molecule has 2 aromatic carbocycles. The van der Waals surface area contributed by atoms with Crippen molar-refractivity contribution in [2.45, 2.75) is 97.3 Å². The molecule has 182 valence electrons. The van der Waals surface area contributed by atoms with Crippen LogP contribution in [0.15, 0.2) is 54.9 Å². The van der Waals surface area contributed by atoms with Crippen LogP contribution in [0.25, 0.3) is 22.5 Å². The van der Waals surface area contributed by atoms with Crippen molar-refractivity contribution >= 4 is 0 Å². The number of benzene rings is 2. The molecule has 0 unspecified atom stereocenters. The van der Waals surface area contributed by atoms with Crippen LogP contribution in [0.1, 0.15) is 95.6 Å². The third-order valence-electron chi connectivity index (χ3n) is 6.62. The minimum absolute atomic E-state index is 0.149. The van der Waals surface area contributed by atoms with Gasteiger partial charge >= 0.3 is 0 Å². The van der Waals surface area contributed by atoms with Crippen LogP contribution in [-0.4, -0.2) is 9.97 Å². The van der Waals surface area contributed by atoms with Crippen molar-refractivity contribution in [1.82, 2.24) is 9.97 Å². The van der Waals surface area contributed by atoms with Crippen LogP contribution in [0.3, 0.4) is 0 Å². The zero-order valence-electron chi connectivity index (χ0n) is 21.2. The lowest BCUT2D eigenvalue weighted by Gasteiger charge is -2.07. The number of halogens is 1. The molecule has 0 atom stereocenters. The van der Waals surface area contributed by atoms with E-state index in [0.29, 0.717) is 5.82 Å². The summed E-state index contributed by atoms with van der Waals surface area (Å²) in [5, 5.41) is 0. The molecule has 0 spiro atoms. The summed E-state index contributed by atoms with van der Waals surface area (Å²) in [6.07, 6.45) is 19.4. The summed E-state index contributed by atoms with van der Waals surface area (Å²) >= 11 is 0. The molecule has 2 nitrogen and oxygen atoms in total. The van der Waals surface area contributed by atoms with Crippen molar-refractivity contribution in [3.8, 4) is 22.5 Å². The summed E-state index contributed by atoms with van der Waals surface area (Å²) in [6, 6.07) is 14.1. The van der Waals surface area contributed by atoms with Crippen LogP contribution in [0.4, 0.5) is 4.39 Å². The van der Waals surface area contributed by atoms with Crippen molar-refractivity contribution in [3.63, 3.8) is 0 Å². The van der Waals surface area contributed by atoms with Crippen LogP contribution in [0, 0.1) is 5.82 Å². The Kier molecular flexibility index (Phi) is 11.2. The summed E-state index contributed by atoms with van der Waals surface area (Å²) in [5.41, 5.74) is 5.00. The van der Waals surface area contributed by atoms with Crippen LogP contribution in [-0.2, 0) is 12.8 Å². The first-order valence-corrected chi connectivity index (χ1v) is 13.4. The fourth-order valence-corrected chi connectivity index (χ4v) is 4.41. The average molecular weight is 461 g/mol. The second kappa shape index (κ2) is 14.7. The number of hydrogen-bond acceptors (Lipinski definition) is 2. The van der Waals surface area contributed by atoms with E-state index in [0.717, 1.165) is 41.5 Å². The lowest BCUT2D eigenvalue weighted by atomic mass is 10.0. The van der Waals surface area contributed by atoms with Gasteiger partial charge in [-0.15, -0.1) is 0 Å². The molecule has 1 heterocycles. The SMILES string of the molecule is CCCCCCCCc1ccc(-c2ncc(-c3ccc(CCCCCCC)cc3)cn2)cc1F. The van der Waals surface area contributed by atoms with Gasteiger partial charge in [-0.1, -0.05) is 108 Å². The number of unbranched alkanes of at least 4 members (excludes halogenated alkanes) is 9. The van der Waals surface area contributed by atoms with Gasteiger partial charge in [-0.05, 0) is 48.4 Å². The number of hydrogen-bond donors (Lipinski definition) is 0. The van der Waals surface area contributed by atoms with Gasteiger partial charge < -0.3 is 0 Å². The van der Waals surface area contributed by atoms with E-state index in [2.05, 4.69) is 48.1 Å². The molecule has 0 saturated carbocycles. The molecule has 34 heavy (non-hydrogen) atoms. The topological polar surface area (TPSA) is 25.8 Å². The molecular formula is C31H41FN2. The first kappa shape index (κ1) is 26.1. The van der Waals surface area contributed by atoms with Gasteiger partial charge in [0.2, 0.25) is 0 Å². The van der Waals surface area contributed by atoms with Gasteiger partial charge in [0.1, 0.15) is 5.82 Å². The Morgan fingerprint density at radius 1 is 0.588 bits per heavy atom. The molecule has 0 fully saturated rings. The highest BCUT2D eigenvalue weighted by Crippen LogP contribution is 2.24. The third kappa shape index (κ3) is 8.34. The molecule has 0 amide bonds. The van der Waals surface area contributed by atoms with Gasteiger partial charge in [-0.2, -0.15) is 0 Å². The predicted molar refractivity (Wildman–Crippen MR) is 142 cm³/mol. The Labute approximate surface area is 206 Å². The number of rotatable bonds is 15. The van der Waals surface area contributed by atoms with Crippen molar-refractivity contribution in [3.05, 3.63) is 71.8 Å². The van der Waals surface area contributed by atoms with Crippen molar-refractivity contribution in [1.29, 1.82) is 0 Å². The Hall–Kier alpha value is -2.55. The van der Waals surface area contributed by atoms with E-state index in [1.807, 2.05) is 24.5 Å². The van der Waals surface area contributed by atoms with Gasteiger partial charge in [-0.3, -0.25) is 0 Å². The highest BCUT2D eigenvalue weighted by atomic mass is 19.1. The van der Waals surface area contributed by atoms with Gasteiger partial charge in [-0.25, -0.2) is 14.4 Å². The zero-order chi connectivity index (χ0) is 24.0. The van der Waals surface area contributed by atoms with Crippen molar-refractivity contribution in [2.75, 3.05) is 0 Å². The highest BCUT2D eigenvalue weighted by Gasteiger charge is 2.08. The maximum Gasteiger partial charge on any atom is 0.159 e. The van der Waals surface area contributed by atoms with E-state index in [9.17, 15) is 4.39 Å². The molecule has 0 aliphatic carbocycles. The quantitative estimate of drug-likeness (QED) is 0.211. The molecule has 3 heteroatoms. The molecule has 0 aliphatic rings. The number of aromatic nitrogens is 2. The zero-order valence-corrected chi connectivity index (χ0v) is 21.2. The molecule has 0 N–H and O–H groups in total. The lowest BCUT2D eigenvalue weighted by molar-refractivity contribution is 0.580. The summed E-state index contributed by atoms with van der Waals surface area (Å²) in [7, 11) is 0. The van der Waals surface area contributed by atoms with E-state index < -0.39 is 0 Å². The average Bonchev–Trinajstić information content (AvgIpc) is 2.87. The van der Waals surface area contributed by atoms with Crippen molar-refractivity contribution < 1.29 is 4.39 Å². The van der Waals surface area contributed by atoms with Crippen LogP contribution < -0.4 is 0 Å². The largest absolute Gasteiger partial charge is 0.236 e. The summed E-state index contributed by atoms with van der Waals surface area (Å²) < 4.78 is 14.6. The van der Waals surface area contributed by atoms with E-state index in [-0.39, 0.29) is 5.82 Å². The van der Waals surface area contributed by atoms with Gasteiger partial charge in [0, 0.05) is 23.5 Å². The Bertz CT molecular complexity index is 964. The normalized spacial score (nSPS) is 11.1. The number of nitrogens with zero attached hydrogens (tertiary/aromatic N) is 2. The molecule has 0 bridgehead atoms. The summed E-state index contributed by atoms with van der Waals surface area (Å²) in [5.74, 6) is 0.418. The second-order valence-electron chi connectivity index (χ2n) is 9.48. The first-order chi connectivity index (χ1) is 16.7. The van der Waals surface area contributed by atoms with Gasteiger partial charge in [0.15, 0.2) is 5.82 Å². The van der Waals surface area contributed by atoms with Crippen LogP contribution in [0.2, 0.25) is 0 Å². The second-order valence-corrected chi connectivity index (χ2v) is 9.48. The maximum atomic E-state index is 14.6. The highest BCUT2D eigenvalue weighted by molar-refractivity contribution is 5.64. The smallest absolute Gasteiger partial charge is 0.159 e. The first-order valence-electron chi connectivity index (χ1n) is 13.4. The van der Waals surface area contributed by atoms with E-state index >= 15 is 0 Å². The Morgan fingerprint density at radius 2 is 1.15 bits per heavy atom. The monoisotopic (exact) mass is 460 g/mol. The Balaban J connectivity index is 1.53. The lowest BCUT2D eigenvalue weighted by Crippen LogP contribution is -1.95. The van der Waals surface area contributed by atoms with E-state index in [4.69, 9.17) is 0 Å². The fourth-order valence-electron chi connectivity index (χ4n) is 4.41. The summed E-state index contributed by atoms with van der Waals surface area (Å²) in [6.45, 7) is 4.48. The number of aryl methyl sites for hydroxylation is 2.